The number of rotatable bonds is 3. The van der Waals surface area contributed by atoms with Crippen LogP contribution in [0.25, 0.3) is 0 Å². The minimum atomic E-state index is -0.717. The molecule has 4 nitrogen and oxygen atoms in total. The Kier molecular flexibility index (Phi) is 4.71. The molecule has 82 valence electrons. The van der Waals surface area contributed by atoms with Crippen LogP contribution in [0.15, 0.2) is 0 Å². The molecule has 0 amide bonds. The number of hydrogen-bond acceptors (Lipinski definition) is 5. The third kappa shape index (κ3) is 3.48. The van der Waals surface area contributed by atoms with Gasteiger partial charge in [0.1, 0.15) is 6.10 Å². The molecule has 5 heteroatoms. The van der Waals surface area contributed by atoms with E-state index >= 15 is 0 Å². The van der Waals surface area contributed by atoms with E-state index in [9.17, 15) is 9.90 Å². The molecule has 0 saturated carbocycles. The number of esters is 1. The number of thioether (sulfide) groups is 1. The number of carbonyl (C=O) groups excluding carboxylic acids is 1. The molecule has 1 fully saturated rings. The van der Waals surface area contributed by atoms with E-state index < -0.39 is 6.29 Å². The SMILES string of the molecule is CCS[C@@H]1CC(O)OC[C@H]1OC(C)=O. The van der Waals surface area contributed by atoms with Gasteiger partial charge < -0.3 is 14.6 Å². The minimum absolute atomic E-state index is 0.146. The van der Waals surface area contributed by atoms with Crippen LogP contribution in [-0.2, 0) is 14.3 Å². The Balaban J connectivity index is 2.48. The molecule has 0 aromatic rings. The Morgan fingerprint density at radius 2 is 2.43 bits per heavy atom. The lowest BCUT2D eigenvalue weighted by Gasteiger charge is -2.32. The van der Waals surface area contributed by atoms with Crippen molar-refractivity contribution in [3.63, 3.8) is 0 Å². The minimum Gasteiger partial charge on any atom is -0.459 e. The van der Waals surface area contributed by atoms with Gasteiger partial charge in [0.05, 0.1) is 6.61 Å². The fourth-order valence-corrected chi connectivity index (χ4v) is 2.52. The predicted octanol–water partition coefficient (Wildman–Crippen LogP) is 0.778. The summed E-state index contributed by atoms with van der Waals surface area (Å²) in [7, 11) is 0. The van der Waals surface area contributed by atoms with Crippen LogP contribution in [0.1, 0.15) is 20.3 Å². The summed E-state index contributed by atoms with van der Waals surface area (Å²) in [4.78, 5) is 10.8. The first-order valence-corrected chi connectivity index (χ1v) is 5.76. The van der Waals surface area contributed by atoms with Crippen molar-refractivity contribution >= 4 is 17.7 Å². The van der Waals surface area contributed by atoms with Gasteiger partial charge in [-0.2, -0.15) is 11.8 Å². The first-order valence-electron chi connectivity index (χ1n) is 4.72. The van der Waals surface area contributed by atoms with E-state index in [-0.39, 0.29) is 17.3 Å². The first kappa shape index (κ1) is 11.8. The molecule has 14 heavy (non-hydrogen) atoms. The van der Waals surface area contributed by atoms with Crippen LogP contribution in [0.4, 0.5) is 0 Å². The summed E-state index contributed by atoms with van der Waals surface area (Å²) >= 11 is 1.69. The summed E-state index contributed by atoms with van der Waals surface area (Å²) in [6.45, 7) is 3.72. The second-order valence-corrected chi connectivity index (χ2v) is 4.68. The molecule has 1 N–H and O–H groups in total. The number of carbonyl (C=O) groups is 1. The highest BCUT2D eigenvalue weighted by Crippen LogP contribution is 2.26. The summed E-state index contributed by atoms with van der Waals surface area (Å²) in [5.74, 6) is 0.645. The third-order valence-electron chi connectivity index (χ3n) is 2.00. The molecular formula is C9H16O4S. The predicted molar refractivity (Wildman–Crippen MR) is 54.0 cm³/mol. The quantitative estimate of drug-likeness (QED) is 0.712. The highest BCUT2D eigenvalue weighted by molar-refractivity contribution is 7.99. The van der Waals surface area contributed by atoms with Crippen LogP contribution in [0.3, 0.4) is 0 Å². The van der Waals surface area contributed by atoms with Gasteiger partial charge in [-0.25, -0.2) is 0 Å². The van der Waals surface area contributed by atoms with Crippen LogP contribution < -0.4 is 0 Å². The van der Waals surface area contributed by atoms with Gasteiger partial charge in [0.2, 0.25) is 0 Å². The van der Waals surface area contributed by atoms with Crippen LogP contribution in [0.5, 0.6) is 0 Å². The standard InChI is InChI=1S/C9H16O4S/c1-3-14-8-4-9(11)12-5-7(8)13-6(2)10/h7-9,11H,3-5H2,1-2H3/t7-,8-,9?/m1/s1. The van der Waals surface area contributed by atoms with Crippen LogP contribution in [-0.4, -0.2) is 41.1 Å². The summed E-state index contributed by atoms with van der Waals surface area (Å²) in [6.07, 6.45) is -0.414. The van der Waals surface area contributed by atoms with Crippen LogP contribution in [0, 0.1) is 0 Å². The number of hydrogen-bond donors (Lipinski definition) is 1. The van der Waals surface area contributed by atoms with Crippen molar-refractivity contribution in [1.29, 1.82) is 0 Å². The van der Waals surface area contributed by atoms with Crippen LogP contribution >= 0.6 is 11.8 Å². The van der Waals surface area contributed by atoms with E-state index in [2.05, 4.69) is 0 Å². The summed E-state index contributed by atoms with van der Waals surface area (Å²) in [5, 5.41) is 9.43. The largest absolute Gasteiger partial charge is 0.459 e. The number of aliphatic hydroxyl groups is 1. The van der Waals surface area contributed by atoms with Crippen molar-refractivity contribution in [3.8, 4) is 0 Å². The van der Waals surface area contributed by atoms with Gasteiger partial charge in [0.25, 0.3) is 0 Å². The van der Waals surface area contributed by atoms with E-state index in [0.717, 1.165) is 5.75 Å². The Labute approximate surface area is 88.0 Å². The van der Waals surface area contributed by atoms with Gasteiger partial charge >= 0.3 is 5.97 Å². The van der Waals surface area contributed by atoms with Gasteiger partial charge in [0.15, 0.2) is 6.29 Å². The maximum Gasteiger partial charge on any atom is 0.303 e. The average Bonchev–Trinajstić information content (AvgIpc) is 2.09. The van der Waals surface area contributed by atoms with E-state index in [0.29, 0.717) is 13.0 Å². The molecule has 1 aliphatic rings. The average molecular weight is 220 g/mol. The summed E-state index contributed by atoms with van der Waals surface area (Å²) < 4.78 is 10.1. The van der Waals surface area contributed by atoms with Crippen LogP contribution in [0.2, 0.25) is 0 Å². The number of ether oxygens (including phenoxy) is 2. The second kappa shape index (κ2) is 5.58. The molecule has 1 aliphatic heterocycles. The Bertz CT molecular complexity index is 197. The smallest absolute Gasteiger partial charge is 0.303 e. The van der Waals surface area contributed by atoms with E-state index in [1.807, 2.05) is 6.92 Å². The molecule has 0 spiro atoms. The maximum atomic E-state index is 10.8. The number of aliphatic hydroxyl groups excluding tert-OH is 1. The van der Waals surface area contributed by atoms with Gasteiger partial charge in [-0.1, -0.05) is 6.92 Å². The molecule has 1 heterocycles. The molecule has 0 radical (unpaired) electrons. The Morgan fingerprint density at radius 1 is 1.71 bits per heavy atom. The topological polar surface area (TPSA) is 55.8 Å². The molecular weight excluding hydrogens is 204 g/mol. The fourth-order valence-electron chi connectivity index (χ4n) is 1.44. The van der Waals surface area contributed by atoms with Crippen molar-refractivity contribution in [1.82, 2.24) is 0 Å². The molecule has 1 saturated heterocycles. The normalized spacial score (nSPS) is 32.6. The molecule has 3 atom stereocenters. The third-order valence-corrected chi connectivity index (χ3v) is 3.26. The van der Waals surface area contributed by atoms with E-state index in [1.165, 1.54) is 6.92 Å². The zero-order valence-corrected chi connectivity index (χ0v) is 9.25. The lowest BCUT2D eigenvalue weighted by atomic mass is 10.1. The first-order chi connectivity index (χ1) is 6.63. The molecule has 1 unspecified atom stereocenters. The Hall–Kier alpha value is -0.260. The summed E-state index contributed by atoms with van der Waals surface area (Å²) in [5.41, 5.74) is 0. The van der Waals surface area contributed by atoms with Gasteiger partial charge in [0, 0.05) is 18.6 Å². The lowest BCUT2D eigenvalue weighted by molar-refractivity contribution is -0.177. The molecule has 0 aromatic carbocycles. The lowest BCUT2D eigenvalue weighted by Crippen LogP contribution is -2.42. The molecule has 0 aliphatic carbocycles. The Morgan fingerprint density at radius 3 is 3.00 bits per heavy atom. The maximum absolute atomic E-state index is 10.8. The van der Waals surface area contributed by atoms with E-state index in [4.69, 9.17) is 9.47 Å². The van der Waals surface area contributed by atoms with E-state index in [1.54, 1.807) is 11.8 Å². The molecule has 1 rings (SSSR count). The second-order valence-electron chi connectivity index (χ2n) is 3.17. The van der Waals surface area contributed by atoms with Crippen molar-refractivity contribution in [2.75, 3.05) is 12.4 Å². The monoisotopic (exact) mass is 220 g/mol. The van der Waals surface area contributed by atoms with Gasteiger partial charge in [-0.3, -0.25) is 4.79 Å². The fraction of sp³-hybridized carbons (Fsp3) is 0.889. The highest BCUT2D eigenvalue weighted by Gasteiger charge is 2.32. The van der Waals surface area contributed by atoms with Crippen molar-refractivity contribution in [3.05, 3.63) is 0 Å². The van der Waals surface area contributed by atoms with Crippen molar-refractivity contribution in [2.45, 2.75) is 37.9 Å². The van der Waals surface area contributed by atoms with Crippen molar-refractivity contribution in [2.24, 2.45) is 0 Å². The molecule has 0 aromatic heterocycles. The van der Waals surface area contributed by atoms with Gasteiger partial charge in [-0.15, -0.1) is 0 Å². The molecule has 0 bridgehead atoms. The zero-order valence-electron chi connectivity index (χ0n) is 8.43. The van der Waals surface area contributed by atoms with Gasteiger partial charge in [-0.05, 0) is 5.75 Å². The highest BCUT2D eigenvalue weighted by atomic mass is 32.2. The zero-order chi connectivity index (χ0) is 10.6. The van der Waals surface area contributed by atoms with Crippen molar-refractivity contribution < 1.29 is 19.4 Å². The summed E-state index contributed by atoms with van der Waals surface area (Å²) in [6, 6.07) is 0.